The smallest absolute Gasteiger partial charge is 0.286 e. The molecule has 6 nitrogen and oxygen atoms in total. The Bertz CT molecular complexity index is 544. The first-order chi connectivity index (χ1) is 9.51. The van der Waals surface area contributed by atoms with Crippen LogP contribution in [0, 0.1) is 5.92 Å². The van der Waals surface area contributed by atoms with Gasteiger partial charge in [-0.05, 0) is 24.3 Å². The number of carbonyl (C=O) groups is 3. The van der Waals surface area contributed by atoms with Gasteiger partial charge in [0, 0.05) is 5.69 Å². The van der Waals surface area contributed by atoms with Crippen molar-refractivity contribution in [3.05, 3.63) is 24.3 Å². The molecule has 2 N–H and O–H groups in total. The quantitative estimate of drug-likeness (QED) is 0.881. The van der Waals surface area contributed by atoms with Crippen molar-refractivity contribution in [3.63, 3.8) is 0 Å². The molecule has 7 heteroatoms. The highest BCUT2D eigenvalue weighted by Crippen LogP contribution is 2.27. The van der Waals surface area contributed by atoms with E-state index in [0.29, 0.717) is 11.4 Å². The van der Waals surface area contributed by atoms with E-state index >= 15 is 0 Å². The maximum atomic E-state index is 12.1. The first-order valence-electron chi connectivity index (χ1n) is 5.97. The molecule has 106 valence electrons. The van der Waals surface area contributed by atoms with Crippen LogP contribution in [0.4, 0.5) is 10.5 Å². The van der Waals surface area contributed by atoms with Gasteiger partial charge in [-0.3, -0.25) is 19.7 Å². The Morgan fingerprint density at radius 1 is 1.35 bits per heavy atom. The van der Waals surface area contributed by atoms with Gasteiger partial charge in [0.15, 0.2) is 0 Å². The van der Waals surface area contributed by atoms with Gasteiger partial charge in [-0.15, -0.1) is 0 Å². The molecule has 1 aliphatic heterocycles. The number of imide groups is 1. The van der Waals surface area contributed by atoms with E-state index in [2.05, 4.69) is 10.6 Å². The van der Waals surface area contributed by atoms with Gasteiger partial charge in [0.1, 0.15) is 11.0 Å². The summed E-state index contributed by atoms with van der Waals surface area (Å²) in [6.45, 7) is 1.62. The minimum absolute atomic E-state index is 0.308. The van der Waals surface area contributed by atoms with E-state index < -0.39 is 22.3 Å². The van der Waals surface area contributed by atoms with Crippen LogP contribution in [0.1, 0.15) is 6.92 Å². The van der Waals surface area contributed by atoms with Crippen LogP contribution in [0.15, 0.2) is 24.3 Å². The second-order valence-corrected chi connectivity index (χ2v) is 5.44. The van der Waals surface area contributed by atoms with Gasteiger partial charge in [-0.1, -0.05) is 18.7 Å². The molecule has 2 unspecified atom stereocenters. The van der Waals surface area contributed by atoms with E-state index in [1.54, 1.807) is 38.3 Å². The van der Waals surface area contributed by atoms with E-state index in [1.807, 2.05) is 0 Å². The molecule has 0 radical (unpaired) electrons. The van der Waals surface area contributed by atoms with E-state index in [9.17, 15) is 14.4 Å². The Balaban J connectivity index is 2.00. The average molecular weight is 294 g/mol. The topological polar surface area (TPSA) is 84.5 Å². The lowest BCUT2D eigenvalue weighted by atomic mass is 10.1. The van der Waals surface area contributed by atoms with Gasteiger partial charge in [0.05, 0.1) is 13.0 Å². The average Bonchev–Trinajstić information content (AvgIpc) is 2.77. The van der Waals surface area contributed by atoms with E-state index in [1.165, 1.54) is 0 Å². The largest absolute Gasteiger partial charge is 0.497 e. The highest BCUT2D eigenvalue weighted by molar-refractivity contribution is 8.15. The third-order valence-corrected chi connectivity index (χ3v) is 4.14. The predicted molar refractivity (Wildman–Crippen MR) is 75.7 cm³/mol. The first-order valence-corrected chi connectivity index (χ1v) is 6.85. The number of hydrogen-bond acceptors (Lipinski definition) is 5. The molecular weight excluding hydrogens is 280 g/mol. The molecule has 20 heavy (non-hydrogen) atoms. The standard InChI is InChI=1S/C13H14N2O4S/c1-7(10-12(17)15-13(18)20-10)11(16)14-8-3-5-9(19-2)6-4-8/h3-7,10H,1-2H3,(H,14,16)(H,15,17,18). The summed E-state index contributed by atoms with van der Waals surface area (Å²) in [6.07, 6.45) is 0. The lowest BCUT2D eigenvalue weighted by Crippen LogP contribution is -2.35. The monoisotopic (exact) mass is 294 g/mol. The third-order valence-electron chi connectivity index (χ3n) is 2.94. The van der Waals surface area contributed by atoms with Crippen LogP contribution in [-0.4, -0.2) is 29.4 Å². The molecular formula is C13H14N2O4S. The van der Waals surface area contributed by atoms with Crippen molar-refractivity contribution in [1.29, 1.82) is 0 Å². The molecule has 0 aromatic heterocycles. The number of ether oxygens (including phenoxy) is 1. The lowest BCUT2D eigenvalue weighted by molar-refractivity contribution is -0.125. The zero-order valence-electron chi connectivity index (χ0n) is 11.0. The number of thioether (sulfide) groups is 1. The van der Waals surface area contributed by atoms with Gasteiger partial charge in [-0.25, -0.2) is 0 Å². The molecule has 1 fully saturated rings. The SMILES string of the molecule is COc1ccc(NC(=O)C(C)C2SC(=O)NC2=O)cc1. The number of carbonyl (C=O) groups excluding carboxylic acids is 3. The first kappa shape index (κ1) is 14.4. The molecule has 1 aromatic rings. The number of benzene rings is 1. The molecule has 0 aliphatic carbocycles. The van der Waals surface area contributed by atoms with Crippen LogP contribution in [0.3, 0.4) is 0 Å². The molecule has 1 aromatic carbocycles. The Kier molecular flexibility index (Phi) is 4.29. The summed E-state index contributed by atoms with van der Waals surface area (Å²) in [5, 5.41) is 3.78. The van der Waals surface area contributed by atoms with E-state index in [4.69, 9.17) is 4.74 Å². The summed E-state index contributed by atoms with van der Waals surface area (Å²) >= 11 is 0.846. The van der Waals surface area contributed by atoms with Gasteiger partial charge in [0.2, 0.25) is 11.8 Å². The highest BCUT2D eigenvalue weighted by Gasteiger charge is 2.38. The van der Waals surface area contributed by atoms with Crippen molar-refractivity contribution in [1.82, 2.24) is 5.32 Å². The Hall–Kier alpha value is -2.02. The summed E-state index contributed by atoms with van der Waals surface area (Å²) in [5.74, 6) is -0.643. The van der Waals surface area contributed by atoms with Gasteiger partial charge >= 0.3 is 0 Å². The molecule has 3 amide bonds. The van der Waals surface area contributed by atoms with Gasteiger partial charge in [-0.2, -0.15) is 0 Å². The van der Waals surface area contributed by atoms with Crippen molar-refractivity contribution >= 4 is 34.5 Å². The molecule has 0 spiro atoms. The highest BCUT2D eigenvalue weighted by atomic mass is 32.2. The van der Waals surface area contributed by atoms with Crippen LogP contribution in [0.2, 0.25) is 0 Å². The van der Waals surface area contributed by atoms with Crippen molar-refractivity contribution < 1.29 is 19.1 Å². The van der Waals surface area contributed by atoms with Crippen LogP contribution in [0.5, 0.6) is 5.75 Å². The van der Waals surface area contributed by atoms with E-state index in [-0.39, 0.29) is 5.91 Å². The number of rotatable bonds is 4. The molecule has 1 heterocycles. The maximum absolute atomic E-state index is 12.1. The summed E-state index contributed by atoms with van der Waals surface area (Å²) in [7, 11) is 1.56. The number of amides is 3. The molecule has 1 saturated heterocycles. The van der Waals surface area contributed by atoms with Crippen molar-refractivity contribution in [3.8, 4) is 5.75 Å². The van der Waals surface area contributed by atoms with Gasteiger partial charge in [0.25, 0.3) is 5.24 Å². The zero-order valence-corrected chi connectivity index (χ0v) is 11.8. The molecule has 0 bridgehead atoms. The molecule has 1 aliphatic rings. The fourth-order valence-corrected chi connectivity index (χ4v) is 2.65. The van der Waals surface area contributed by atoms with E-state index in [0.717, 1.165) is 11.8 Å². The van der Waals surface area contributed by atoms with Crippen LogP contribution in [-0.2, 0) is 9.59 Å². The van der Waals surface area contributed by atoms with Crippen molar-refractivity contribution in [2.24, 2.45) is 5.92 Å². The predicted octanol–water partition coefficient (Wildman–Crippen LogP) is 1.62. The maximum Gasteiger partial charge on any atom is 0.286 e. The number of methoxy groups -OCH3 is 1. The molecule has 2 atom stereocenters. The summed E-state index contributed by atoms with van der Waals surface area (Å²) in [4.78, 5) is 34.7. The van der Waals surface area contributed by atoms with Gasteiger partial charge < -0.3 is 10.1 Å². The summed E-state index contributed by atoms with van der Waals surface area (Å²) in [5.41, 5.74) is 0.609. The third kappa shape index (κ3) is 3.11. The fourth-order valence-electron chi connectivity index (χ4n) is 1.77. The Morgan fingerprint density at radius 3 is 2.50 bits per heavy atom. The van der Waals surface area contributed by atoms with Crippen LogP contribution >= 0.6 is 11.8 Å². The van der Waals surface area contributed by atoms with Crippen molar-refractivity contribution in [2.75, 3.05) is 12.4 Å². The second-order valence-electron chi connectivity index (χ2n) is 4.32. The van der Waals surface area contributed by atoms with Crippen LogP contribution in [0.25, 0.3) is 0 Å². The number of anilines is 1. The zero-order chi connectivity index (χ0) is 14.7. The number of nitrogens with one attached hydrogen (secondary N) is 2. The summed E-state index contributed by atoms with van der Waals surface area (Å²) in [6, 6.07) is 6.86. The minimum atomic E-state index is -0.680. The summed E-state index contributed by atoms with van der Waals surface area (Å²) < 4.78 is 5.02. The lowest BCUT2D eigenvalue weighted by Gasteiger charge is -2.15. The number of hydrogen-bond donors (Lipinski definition) is 2. The Labute approximate surface area is 120 Å². The van der Waals surface area contributed by atoms with Crippen LogP contribution < -0.4 is 15.4 Å². The normalized spacial score (nSPS) is 19.4. The second kappa shape index (κ2) is 5.96. The fraction of sp³-hybridized carbons (Fsp3) is 0.308. The molecule has 2 rings (SSSR count). The minimum Gasteiger partial charge on any atom is -0.497 e. The molecule has 0 saturated carbocycles. The van der Waals surface area contributed by atoms with Crippen molar-refractivity contribution in [2.45, 2.75) is 12.2 Å². The Morgan fingerprint density at radius 2 is 2.00 bits per heavy atom.